The number of hydrogen-bond acceptors (Lipinski definition) is 4. The first-order valence-corrected chi connectivity index (χ1v) is 24.5. The van der Waals surface area contributed by atoms with Gasteiger partial charge in [0, 0.05) is 44.8 Å². The first kappa shape index (κ1) is 47.6. The van der Waals surface area contributed by atoms with Crippen LogP contribution in [0.25, 0.3) is 0 Å². The molecule has 4 heteroatoms. The molecule has 4 nitrogen and oxygen atoms in total. The summed E-state index contributed by atoms with van der Waals surface area (Å²) in [6, 6.07) is 0. The van der Waals surface area contributed by atoms with Crippen molar-refractivity contribution in [1.82, 2.24) is 0 Å². The zero-order valence-corrected chi connectivity index (χ0v) is 39.5. The van der Waals surface area contributed by atoms with E-state index in [9.17, 15) is 14.7 Å². The second-order valence-corrected chi connectivity index (χ2v) is 21.7. The fraction of sp³-hybridized carbons (Fsp3) is 0.500. The lowest BCUT2D eigenvalue weighted by atomic mass is 9.65. The van der Waals surface area contributed by atoms with Gasteiger partial charge in [-0.3, -0.25) is 9.59 Å². The summed E-state index contributed by atoms with van der Waals surface area (Å²) < 4.78 is 0. The number of hydrogen-bond donors (Lipinski definition) is 2. The average molecular weight is 861 g/mol. The van der Waals surface area contributed by atoms with Crippen molar-refractivity contribution in [2.24, 2.45) is 56.2 Å². The van der Waals surface area contributed by atoms with Crippen molar-refractivity contribution < 1.29 is 19.8 Å². The summed E-state index contributed by atoms with van der Waals surface area (Å²) in [4.78, 5) is 21.9. The van der Waals surface area contributed by atoms with Gasteiger partial charge in [0.1, 0.15) is 0 Å². The van der Waals surface area contributed by atoms with Gasteiger partial charge in [0.15, 0.2) is 11.6 Å². The summed E-state index contributed by atoms with van der Waals surface area (Å²) in [7, 11) is 0. The molecule has 0 heterocycles. The molecule has 11 atom stereocenters. The second kappa shape index (κ2) is 20.0. The Kier molecular flexibility index (Phi) is 14.9. The van der Waals surface area contributed by atoms with E-state index in [1.165, 1.54) is 37.7 Å². The van der Waals surface area contributed by atoms with Crippen molar-refractivity contribution in [3.8, 4) is 0 Å². The van der Waals surface area contributed by atoms with E-state index in [-0.39, 0.29) is 41.0 Å². The van der Waals surface area contributed by atoms with Gasteiger partial charge in [0.25, 0.3) is 0 Å². The second-order valence-electron chi connectivity index (χ2n) is 21.7. The molecule has 0 radical (unpaired) electrons. The Morgan fingerprint density at radius 2 is 1.03 bits per heavy atom. The molecule has 340 valence electrons. The number of aliphatic hydroxyl groups is 2. The minimum absolute atomic E-state index is 0.208. The minimum Gasteiger partial charge on any atom is -0.392 e. The van der Waals surface area contributed by atoms with Crippen LogP contribution in [0.3, 0.4) is 0 Å². The van der Waals surface area contributed by atoms with Crippen LogP contribution in [0.2, 0.25) is 0 Å². The van der Waals surface area contributed by atoms with Crippen LogP contribution in [-0.2, 0) is 9.59 Å². The molecule has 0 bridgehead atoms. The number of allylic oxidation sites excluding steroid dienone is 26. The predicted molar refractivity (Wildman–Crippen MR) is 266 cm³/mol. The van der Waals surface area contributed by atoms with E-state index in [1.807, 2.05) is 19.1 Å². The lowest BCUT2D eigenvalue weighted by Gasteiger charge is -2.40. The Morgan fingerprint density at radius 1 is 0.547 bits per heavy atom. The van der Waals surface area contributed by atoms with E-state index in [4.69, 9.17) is 5.11 Å². The molecule has 0 saturated heterocycles. The highest BCUT2D eigenvalue weighted by Crippen LogP contribution is 2.48. The Labute approximate surface area is 385 Å². The average Bonchev–Trinajstić information content (AvgIpc) is 3.22. The van der Waals surface area contributed by atoms with Crippen LogP contribution in [0.15, 0.2) is 169 Å². The maximum Gasteiger partial charge on any atom is 0.158 e. The zero-order valence-electron chi connectivity index (χ0n) is 39.5. The molecule has 64 heavy (non-hydrogen) atoms. The highest BCUT2D eigenvalue weighted by atomic mass is 16.3. The van der Waals surface area contributed by atoms with Crippen LogP contribution in [-0.4, -0.2) is 34.5 Å². The zero-order chi connectivity index (χ0) is 45.5. The summed E-state index contributed by atoms with van der Waals surface area (Å²) in [6.07, 6.45) is 70.7. The molecule has 2 N–H and O–H groups in total. The molecule has 0 aromatic rings. The monoisotopic (exact) mass is 861 g/mol. The Morgan fingerprint density at radius 3 is 1.45 bits per heavy atom. The number of carbonyl (C=O) groups excluding carboxylic acids is 2. The maximum absolute atomic E-state index is 11.1. The van der Waals surface area contributed by atoms with Gasteiger partial charge in [-0.1, -0.05) is 179 Å². The van der Waals surface area contributed by atoms with E-state index in [2.05, 4.69) is 161 Å². The number of carbonyl (C=O) groups is 2. The molecule has 0 saturated carbocycles. The fourth-order valence-corrected chi connectivity index (χ4v) is 10.8. The van der Waals surface area contributed by atoms with Crippen molar-refractivity contribution in [3.05, 3.63) is 169 Å². The van der Waals surface area contributed by atoms with Crippen LogP contribution < -0.4 is 0 Å². The van der Waals surface area contributed by atoms with Crippen LogP contribution in [0, 0.1) is 56.2 Å². The molecule has 12 rings (SSSR count). The third-order valence-electron chi connectivity index (χ3n) is 16.1. The summed E-state index contributed by atoms with van der Waals surface area (Å²) in [5.41, 5.74) is 4.78. The molecule has 0 aliphatic heterocycles. The molecule has 0 fully saturated rings. The van der Waals surface area contributed by atoms with Crippen LogP contribution in [0.1, 0.15) is 118 Å². The Hall–Kier alpha value is -4.38. The van der Waals surface area contributed by atoms with Gasteiger partial charge in [-0.15, -0.1) is 0 Å². The van der Waals surface area contributed by atoms with Gasteiger partial charge in [0.2, 0.25) is 0 Å². The SMILES string of the molecule is CC1=CC=CC2(C=CC2)C1.CC1C=CC2(C=CC2)CC1C.CC1CC2(C=CC2)C=CC1=O.CC1CC2(C=CC2)C=CC1O.O=C1C=CC2(C=CC2)CC1.OCC1=CC=CC2(C=CC2)C1. The number of aliphatic hydroxyl groups excluding tert-OH is 2. The molecule has 12 aliphatic carbocycles. The summed E-state index contributed by atoms with van der Waals surface area (Å²) in [6.45, 7) is 11.2. The van der Waals surface area contributed by atoms with Gasteiger partial charge in [-0.05, 0) is 119 Å². The van der Waals surface area contributed by atoms with Crippen molar-refractivity contribution >= 4 is 11.6 Å². The van der Waals surface area contributed by atoms with Crippen molar-refractivity contribution in [2.45, 2.75) is 124 Å². The fourth-order valence-electron chi connectivity index (χ4n) is 10.8. The Balaban J connectivity index is 0.000000115. The van der Waals surface area contributed by atoms with Crippen molar-refractivity contribution in [3.63, 3.8) is 0 Å². The van der Waals surface area contributed by atoms with Crippen molar-refractivity contribution in [1.29, 1.82) is 0 Å². The summed E-state index contributed by atoms with van der Waals surface area (Å²) in [5, 5.41) is 18.3. The first-order valence-electron chi connectivity index (χ1n) is 24.5. The Bertz CT molecular complexity index is 2110. The largest absolute Gasteiger partial charge is 0.392 e. The van der Waals surface area contributed by atoms with Gasteiger partial charge >= 0.3 is 0 Å². The van der Waals surface area contributed by atoms with Gasteiger partial charge in [0.05, 0.1) is 12.7 Å². The molecule has 11 unspecified atom stereocenters. The normalized spacial score (nSPS) is 40.6. The van der Waals surface area contributed by atoms with Gasteiger partial charge in [-0.25, -0.2) is 0 Å². The molecular weight excluding hydrogens is 785 g/mol. The van der Waals surface area contributed by atoms with E-state index in [0.717, 1.165) is 68.8 Å². The summed E-state index contributed by atoms with van der Waals surface area (Å²) >= 11 is 0. The first-order chi connectivity index (χ1) is 30.6. The highest BCUT2D eigenvalue weighted by molar-refractivity contribution is 5.92. The number of rotatable bonds is 1. The molecule has 6 spiro atoms. The molecular formula is C60H76O4. The van der Waals surface area contributed by atoms with Crippen LogP contribution in [0.5, 0.6) is 0 Å². The smallest absolute Gasteiger partial charge is 0.158 e. The van der Waals surface area contributed by atoms with Crippen molar-refractivity contribution in [2.75, 3.05) is 6.61 Å². The summed E-state index contributed by atoms with van der Waals surface area (Å²) in [5.74, 6) is 2.87. The third kappa shape index (κ3) is 11.5. The van der Waals surface area contributed by atoms with Crippen LogP contribution >= 0.6 is 0 Å². The lowest BCUT2D eigenvalue weighted by molar-refractivity contribution is -0.119. The topological polar surface area (TPSA) is 74.6 Å². The van der Waals surface area contributed by atoms with Gasteiger partial charge in [-0.2, -0.15) is 0 Å². The van der Waals surface area contributed by atoms with Crippen LogP contribution in [0.4, 0.5) is 0 Å². The standard InChI is InChI=1S/C11H16.C10H14O.2C10H12O.C10H12.C9H10O/c1-9-4-7-11(5-3-6-11)8-10(9)2;2*1-8-7-10(4-2-5-10)6-3-9(8)11;11-8-9-3-1-4-10(7-9)5-2-6-10;1-9-4-2-5-10(8-9)6-3-7-10;10-8-2-6-9(7-3-8)4-1-5-9/h3-5,7,9-10H,6,8H2,1-2H3;2-4,6,8-9,11H,5,7H2,1H3;2-4,6,8H,5,7H2,1H3;1-5,11H,6-8H2;2-6H,7-8H2,1H3;1-2,4,6H,3,5,7H2. The van der Waals surface area contributed by atoms with Gasteiger partial charge < -0.3 is 10.2 Å². The quantitative estimate of drug-likeness (QED) is 0.258. The molecule has 0 aromatic heterocycles. The van der Waals surface area contributed by atoms with E-state index in [1.54, 1.807) is 12.2 Å². The highest BCUT2D eigenvalue weighted by Gasteiger charge is 2.37. The molecule has 0 aromatic carbocycles. The number of ketones is 2. The van der Waals surface area contributed by atoms with E-state index < -0.39 is 0 Å². The lowest BCUT2D eigenvalue weighted by Crippen LogP contribution is -2.32. The minimum atomic E-state index is -0.213. The predicted octanol–water partition coefficient (Wildman–Crippen LogP) is 13.7. The van der Waals surface area contributed by atoms with E-state index in [0.29, 0.717) is 27.6 Å². The molecule has 0 amide bonds. The van der Waals surface area contributed by atoms with E-state index >= 15 is 0 Å². The molecule has 12 aliphatic rings. The maximum atomic E-state index is 11.1. The third-order valence-corrected chi connectivity index (χ3v) is 16.1.